The van der Waals surface area contributed by atoms with E-state index < -0.39 is 54.0 Å². The zero-order valence-electron chi connectivity index (χ0n) is 23.3. The van der Waals surface area contributed by atoms with E-state index in [1.165, 1.54) is 0 Å². The molecule has 2 aliphatic heterocycles. The summed E-state index contributed by atoms with van der Waals surface area (Å²) in [6.07, 6.45) is -0.802. The molecule has 10 nitrogen and oxygen atoms in total. The largest absolute Gasteiger partial charge is 0.481 e. The molecule has 2 aromatic rings. The van der Waals surface area contributed by atoms with Crippen LogP contribution in [0.4, 0.5) is 0 Å². The molecule has 1 fully saturated rings. The Bertz CT molecular complexity index is 1390. The van der Waals surface area contributed by atoms with E-state index in [9.17, 15) is 24.6 Å². The number of nitrogens with zero attached hydrogens (tertiary/aromatic N) is 1. The minimum absolute atomic E-state index is 0.178. The Hall–Kier alpha value is -3.73. The van der Waals surface area contributed by atoms with Gasteiger partial charge in [0, 0.05) is 29.2 Å². The molecular weight excluding hydrogens is 530 g/mol. The topological polar surface area (TPSA) is 143 Å². The van der Waals surface area contributed by atoms with E-state index in [4.69, 9.17) is 19.3 Å². The summed E-state index contributed by atoms with van der Waals surface area (Å²) in [5.74, 6) is -2.20. The molecular formula is C31H35NO9. The van der Waals surface area contributed by atoms with Crippen LogP contribution in [0.15, 0.2) is 54.3 Å². The van der Waals surface area contributed by atoms with Gasteiger partial charge in [0.1, 0.15) is 11.5 Å². The highest BCUT2D eigenvalue weighted by atomic mass is 16.6. The first kappa shape index (κ1) is 28.8. The van der Waals surface area contributed by atoms with Gasteiger partial charge in [0.05, 0.1) is 30.5 Å². The number of likely N-dealkylation sites (N-methyl/N-ethyl adjacent to an activating group) is 1. The van der Waals surface area contributed by atoms with Crippen LogP contribution in [0.3, 0.4) is 0 Å². The monoisotopic (exact) mass is 565 g/mol. The number of carboxylic acids is 1. The summed E-state index contributed by atoms with van der Waals surface area (Å²) in [5.41, 5.74) is 0.408. The molecule has 0 amide bonds. The zero-order valence-corrected chi connectivity index (χ0v) is 23.3. The van der Waals surface area contributed by atoms with E-state index in [1.54, 1.807) is 42.5 Å². The van der Waals surface area contributed by atoms with Gasteiger partial charge >= 0.3 is 17.9 Å². The second kappa shape index (κ2) is 10.9. The lowest BCUT2D eigenvalue weighted by molar-refractivity contribution is -0.173. The van der Waals surface area contributed by atoms with Gasteiger partial charge in [0.2, 0.25) is 6.10 Å². The molecule has 2 heterocycles. The minimum atomic E-state index is -1.44. The average Bonchev–Trinajstić information content (AvgIpc) is 3.32. The van der Waals surface area contributed by atoms with Crippen LogP contribution < -0.4 is 4.74 Å². The van der Waals surface area contributed by atoms with Gasteiger partial charge in [-0.15, -0.1) is 0 Å². The third kappa shape index (κ3) is 4.69. The van der Waals surface area contributed by atoms with E-state index >= 15 is 0 Å². The molecule has 10 heteroatoms. The molecule has 5 rings (SSSR count). The number of hydrogen-bond acceptors (Lipinski definition) is 9. The summed E-state index contributed by atoms with van der Waals surface area (Å²) in [6, 6.07) is 11.8. The van der Waals surface area contributed by atoms with Crippen LogP contribution in [0.5, 0.6) is 5.75 Å². The van der Waals surface area contributed by atoms with Crippen molar-refractivity contribution in [1.82, 2.24) is 4.90 Å². The summed E-state index contributed by atoms with van der Waals surface area (Å²) in [7, 11) is 1.96. The van der Waals surface area contributed by atoms with Crippen molar-refractivity contribution in [3.05, 3.63) is 76.6 Å². The molecule has 0 bridgehead atoms. The number of carboxylic acid groups (broad SMARTS) is 1. The highest BCUT2D eigenvalue weighted by molar-refractivity contribution is 5.83. The number of hydrogen-bond donors (Lipinski definition) is 3. The normalized spacial score (nSPS) is 27.4. The van der Waals surface area contributed by atoms with E-state index in [0.29, 0.717) is 29.8 Å². The van der Waals surface area contributed by atoms with Gasteiger partial charge in [-0.05, 0) is 45.5 Å². The number of likely N-dealkylation sites (tertiary alicyclic amines) is 1. The fourth-order valence-electron chi connectivity index (χ4n) is 6.65. The number of fused-ring (bicyclic) bond motifs is 1. The van der Waals surface area contributed by atoms with Crippen molar-refractivity contribution < 1.29 is 43.9 Å². The Morgan fingerprint density at radius 1 is 1.15 bits per heavy atom. The highest BCUT2D eigenvalue weighted by Gasteiger charge is 2.69. The summed E-state index contributed by atoms with van der Waals surface area (Å²) in [4.78, 5) is 39.2. The third-order valence-corrected chi connectivity index (χ3v) is 8.93. The van der Waals surface area contributed by atoms with Crippen molar-refractivity contribution in [1.29, 1.82) is 0 Å². The Kier molecular flexibility index (Phi) is 7.67. The molecule has 3 N–H and O–H groups in total. The number of rotatable bonds is 8. The average molecular weight is 566 g/mol. The summed E-state index contributed by atoms with van der Waals surface area (Å²) >= 11 is 0. The van der Waals surface area contributed by atoms with Crippen molar-refractivity contribution in [2.75, 3.05) is 13.6 Å². The van der Waals surface area contributed by atoms with Crippen LogP contribution in [0, 0.1) is 6.92 Å². The number of esters is 2. The molecule has 41 heavy (non-hydrogen) atoms. The molecule has 0 radical (unpaired) electrons. The van der Waals surface area contributed by atoms with Crippen LogP contribution in [-0.4, -0.2) is 69.5 Å². The lowest BCUT2D eigenvalue weighted by Crippen LogP contribution is -2.71. The molecule has 3 aliphatic rings. The Balaban J connectivity index is 1.53. The number of carbonyl (C=O) groups is 3. The Morgan fingerprint density at radius 3 is 2.56 bits per heavy atom. The van der Waals surface area contributed by atoms with Gasteiger partial charge in [0.15, 0.2) is 6.10 Å². The number of piperidine rings is 1. The lowest BCUT2D eigenvalue weighted by atomic mass is 9.54. The van der Waals surface area contributed by atoms with Crippen LogP contribution >= 0.6 is 0 Å². The molecule has 0 saturated carbocycles. The number of aliphatic hydroxyl groups is 2. The molecule has 5 atom stereocenters. The number of ether oxygens (including phenoxy) is 3. The van der Waals surface area contributed by atoms with Crippen LogP contribution in [0.25, 0.3) is 0 Å². The zero-order chi connectivity index (χ0) is 29.5. The minimum Gasteiger partial charge on any atom is -0.481 e. The molecule has 0 unspecified atom stereocenters. The number of benzene rings is 2. The fraction of sp³-hybridized carbons (Fsp3) is 0.452. The number of carbonyl (C=O) groups excluding carboxylic acids is 2. The van der Waals surface area contributed by atoms with E-state index in [2.05, 4.69) is 4.90 Å². The first-order chi connectivity index (χ1) is 19.5. The van der Waals surface area contributed by atoms with Gasteiger partial charge in [-0.3, -0.25) is 9.59 Å². The van der Waals surface area contributed by atoms with Crippen molar-refractivity contribution >= 4 is 17.9 Å². The lowest BCUT2D eigenvalue weighted by Gasteiger charge is -2.58. The maximum Gasteiger partial charge on any atom is 0.357 e. The van der Waals surface area contributed by atoms with Gasteiger partial charge in [-0.2, -0.15) is 0 Å². The maximum atomic E-state index is 13.7. The van der Waals surface area contributed by atoms with Crippen molar-refractivity contribution in [2.24, 2.45) is 0 Å². The van der Waals surface area contributed by atoms with Crippen LogP contribution in [0.2, 0.25) is 0 Å². The van der Waals surface area contributed by atoms with Gasteiger partial charge in [0.25, 0.3) is 0 Å². The number of aliphatic hydroxyl groups excluding tert-OH is 1. The quantitative estimate of drug-likeness (QED) is 0.409. The van der Waals surface area contributed by atoms with E-state index in [-0.39, 0.29) is 24.8 Å². The smallest absolute Gasteiger partial charge is 0.357 e. The number of aliphatic carboxylic acids is 1. The number of aryl methyl sites for hydroxylation is 1. The summed E-state index contributed by atoms with van der Waals surface area (Å²) in [5, 5.41) is 31.5. The van der Waals surface area contributed by atoms with E-state index in [0.717, 1.165) is 11.1 Å². The molecule has 1 saturated heterocycles. The van der Waals surface area contributed by atoms with E-state index in [1.807, 2.05) is 27.0 Å². The second-order valence-corrected chi connectivity index (χ2v) is 11.1. The van der Waals surface area contributed by atoms with Crippen molar-refractivity contribution in [3.63, 3.8) is 0 Å². The SMILES string of the molecule is Cc1ccc(CO)c2c1[C@]13CCN(C)[C@H](C)[C@]1(O)CC=C(OC(=O)[C@@H](OC(=O)CCC(=O)O)c1ccccc1)[C@@H]3O2. The van der Waals surface area contributed by atoms with Gasteiger partial charge in [-0.1, -0.05) is 42.5 Å². The first-order valence-corrected chi connectivity index (χ1v) is 13.7. The molecule has 218 valence electrons. The molecule has 1 spiro atoms. The first-order valence-electron chi connectivity index (χ1n) is 13.7. The third-order valence-electron chi connectivity index (χ3n) is 8.93. The maximum absolute atomic E-state index is 13.7. The summed E-state index contributed by atoms with van der Waals surface area (Å²) < 4.78 is 17.9. The van der Waals surface area contributed by atoms with Crippen LogP contribution in [0.1, 0.15) is 61.0 Å². The predicted octanol–water partition coefficient (Wildman–Crippen LogP) is 2.92. The van der Waals surface area contributed by atoms with Gasteiger partial charge in [-0.25, -0.2) is 4.79 Å². The summed E-state index contributed by atoms with van der Waals surface area (Å²) in [6.45, 7) is 4.30. The molecule has 1 aliphatic carbocycles. The predicted molar refractivity (Wildman–Crippen MR) is 146 cm³/mol. The second-order valence-electron chi connectivity index (χ2n) is 11.1. The van der Waals surface area contributed by atoms with Crippen LogP contribution in [-0.2, 0) is 35.9 Å². The Labute approximate surface area is 238 Å². The van der Waals surface area contributed by atoms with Gasteiger partial charge < -0.3 is 34.4 Å². The standard InChI is InChI=1S/C31H35NO9/c1-18-9-10-21(17-33)26-25(18)30-15-16-32(3)19(2)31(30,38)14-13-22(28(30)41-26)39-29(37)27(20-7-5-4-6-8-20)40-24(36)12-11-23(34)35/h4-10,13,19,27-28,33,38H,11-12,14-17H2,1-3H3,(H,34,35)/t19-,27+,28+,30+,31-/m1/s1. The Morgan fingerprint density at radius 2 is 1.88 bits per heavy atom. The van der Waals surface area contributed by atoms with Crippen molar-refractivity contribution in [2.45, 2.75) is 75.4 Å². The molecule has 2 aromatic carbocycles. The molecule has 0 aromatic heterocycles. The highest BCUT2D eigenvalue weighted by Crippen LogP contribution is 2.61. The van der Waals surface area contributed by atoms with Crippen molar-refractivity contribution in [3.8, 4) is 5.75 Å². The fourth-order valence-corrected chi connectivity index (χ4v) is 6.65.